The number of nitrogens with one attached hydrogen (secondary N) is 1. The van der Waals surface area contributed by atoms with Crippen LogP contribution in [0.1, 0.15) is 20.8 Å². The Bertz CT molecular complexity index is 334. The Morgan fingerprint density at radius 3 is 2.40 bits per heavy atom. The van der Waals surface area contributed by atoms with Gasteiger partial charge in [-0.25, -0.2) is 0 Å². The van der Waals surface area contributed by atoms with Gasteiger partial charge in [0.15, 0.2) is 6.29 Å². The molecule has 0 bridgehead atoms. The third-order valence-corrected chi connectivity index (χ3v) is 3.11. The van der Waals surface area contributed by atoms with Crippen LogP contribution in [0.3, 0.4) is 0 Å². The van der Waals surface area contributed by atoms with E-state index in [4.69, 9.17) is 14.6 Å². The monoisotopic (exact) mass is 309 g/mol. The predicted molar refractivity (Wildman–Crippen MR) is 74.4 cm³/mol. The van der Waals surface area contributed by atoms with Crippen molar-refractivity contribution in [3.63, 3.8) is 0 Å². The zero-order valence-electron chi connectivity index (χ0n) is 11.8. The fourth-order valence-electron chi connectivity index (χ4n) is 1.92. The molecule has 5 atom stereocenters. The molecule has 0 saturated carbocycles. The van der Waals surface area contributed by atoms with Crippen LogP contribution in [0.25, 0.3) is 0 Å². The number of thiol groups is 1. The average Bonchev–Trinajstić information content (AvgIpc) is 2.36. The summed E-state index contributed by atoms with van der Waals surface area (Å²) < 4.78 is 11.1. The molecule has 118 valence electrons. The highest BCUT2D eigenvalue weighted by molar-refractivity contribution is 7.81. The maximum absolute atomic E-state index is 11.5. The highest BCUT2D eigenvalue weighted by atomic mass is 32.1. The number of rotatable bonds is 4. The molecule has 1 rings (SSSR count). The lowest BCUT2D eigenvalue weighted by atomic mass is 9.96. The largest absolute Gasteiger partial charge is 0.394 e. The number of hydrogen-bond acceptors (Lipinski definition) is 7. The maximum atomic E-state index is 11.5. The Morgan fingerprint density at radius 2 is 1.95 bits per heavy atom. The van der Waals surface area contributed by atoms with E-state index >= 15 is 0 Å². The Morgan fingerprint density at radius 1 is 1.35 bits per heavy atom. The molecule has 0 aromatic rings. The first-order valence-electron chi connectivity index (χ1n) is 6.40. The minimum absolute atomic E-state index is 0.0645. The zero-order chi connectivity index (χ0) is 15.5. The van der Waals surface area contributed by atoms with Gasteiger partial charge in [0, 0.05) is 0 Å². The van der Waals surface area contributed by atoms with Crippen LogP contribution in [0.4, 0.5) is 0 Å². The smallest absolute Gasteiger partial charge is 0.230 e. The fraction of sp³-hybridized carbons (Fsp3) is 0.917. The van der Waals surface area contributed by atoms with Crippen LogP contribution in [0.5, 0.6) is 0 Å². The van der Waals surface area contributed by atoms with Gasteiger partial charge in [0.25, 0.3) is 0 Å². The summed E-state index contributed by atoms with van der Waals surface area (Å²) in [4.78, 5) is 11.5. The van der Waals surface area contributed by atoms with Crippen molar-refractivity contribution in [2.24, 2.45) is 0 Å². The molecular formula is C12H23NO6S. The lowest BCUT2D eigenvalue weighted by molar-refractivity contribution is -0.292. The van der Waals surface area contributed by atoms with Gasteiger partial charge >= 0.3 is 0 Å². The van der Waals surface area contributed by atoms with Crippen LogP contribution in [-0.2, 0) is 14.3 Å². The zero-order valence-corrected chi connectivity index (χ0v) is 12.7. The van der Waals surface area contributed by atoms with Gasteiger partial charge in [0.1, 0.15) is 24.4 Å². The molecule has 1 amide bonds. The van der Waals surface area contributed by atoms with Crippen molar-refractivity contribution in [2.45, 2.75) is 57.0 Å². The number of hydrogen-bond donors (Lipinski definition) is 5. The van der Waals surface area contributed by atoms with Gasteiger partial charge in [-0.2, -0.15) is 12.6 Å². The van der Waals surface area contributed by atoms with Crippen molar-refractivity contribution in [1.82, 2.24) is 5.32 Å². The topological polar surface area (TPSA) is 108 Å². The average molecular weight is 309 g/mol. The summed E-state index contributed by atoms with van der Waals surface area (Å²) in [7, 11) is 0. The number of aliphatic hydroxyl groups excluding tert-OH is 3. The van der Waals surface area contributed by atoms with Gasteiger partial charge in [-0.15, -0.1) is 0 Å². The summed E-state index contributed by atoms with van der Waals surface area (Å²) >= 11 is 3.84. The van der Waals surface area contributed by atoms with Crippen LogP contribution < -0.4 is 5.32 Å². The van der Waals surface area contributed by atoms with E-state index in [1.165, 1.54) is 0 Å². The molecule has 0 aliphatic carbocycles. The summed E-state index contributed by atoms with van der Waals surface area (Å²) in [6.07, 6.45) is -4.57. The highest BCUT2D eigenvalue weighted by Crippen LogP contribution is 2.25. The predicted octanol–water partition coefficient (Wildman–Crippen LogP) is -1.34. The van der Waals surface area contributed by atoms with Crippen LogP contribution in [0.15, 0.2) is 0 Å². The van der Waals surface area contributed by atoms with Crippen LogP contribution in [0, 0.1) is 0 Å². The van der Waals surface area contributed by atoms with Crippen molar-refractivity contribution < 1.29 is 29.6 Å². The van der Waals surface area contributed by atoms with E-state index in [1.807, 2.05) is 0 Å². The standard InChI is InChI=1S/C12H23NO6S/c1-12(2,3)19-11-8(13-7(15)5-20)10(17)9(16)6(4-14)18-11/h6,8-11,14,16-17,20H,4-5H2,1-3H3,(H,13,15)/t6?,8?,9-,10+,11+/m0/s1. The second kappa shape index (κ2) is 7.06. The van der Waals surface area contributed by atoms with Crippen molar-refractivity contribution in [2.75, 3.05) is 12.4 Å². The second-order valence-corrected chi connectivity index (χ2v) is 6.00. The molecule has 0 aromatic carbocycles. The number of carbonyl (C=O) groups excluding carboxylic acids is 1. The van der Waals surface area contributed by atoms with Gasteiger partial charge in [-0.3, -0.25) is 4.79 Å². The lowest BCUT2D eigenvalue weighted by Gasteiger charge is -2.44. The normalized spacial score (nSPS) is 34.9. The molecule has 1 heterocycles. The summed E-state index contributed by atoms with van der Waals surface area (Å²) in [5.41, 5.74) is -0.587. The van der Waals surface area contributed by atoms with E-state index in [9.17, 15) is 15.0 Å². The molecule has 4 N–H and O–H groups in total. The molecular weight excluding hydrogens is 286 g/mol. The summed E-state index contributed by atoms with van der Waals surface area (Å²) in [6, 6.07) is -0.938. The number of carbonyl (C=O) groups is 1. The van der Waals surface area contributed by atoms with Crippen molar-refractivity contribution in [3.8, 4) is 0 Å². The van der Waals surface area contributed by atoms with Crippen molar-refractivity contribution in [3.05, 3.63) is 0 Å². The molecule has 1 aliphatic rings. The van der Waals surface area contributed by atoms with Gasteiger partial charge in [0.05, 0.1) is 18.0 Å². The van der Waals surface area contributed by atoms with Gasteiger partial charge in [-0.1, -0.05) is 0 Å². The lowest BCUT2D eigenvalue weighted by Crippen LogP contribution is -2.65. The third kappa shape index (κ3) is 4.57. The molecule has 8 heteroatoms. The Kier molecular flexibility index (Phi) is 6.24. The first-order chi connectivity index (χ1) is 9.19. The van der Waals surface area contributed by atoms with Gasteiger partial charge < -0.3 is 30.1 Å². The molecule has 2 unspecified atom stereocenters. The minimum atomic E-state index is -1.31. The molecule has 1 saturated heterocycles. The Labute approximate surface area is 123 Å². The molecule has 0 spiro atoms. The molecule has 1 fully saturated rings. The van der Waals surface area contributed by atoms with Crippen LogP contribution >= 0.6 is 12.6 Å². The van der Waals surface area contributed by atoms with E-state index in [0.717, 1.165) is 0 Å². The number of amides is 1. The third-order valence-electron chi connectivity index (χ3n) is 2.82. The summed E-state index contributed by atoms with van der Waals surface area (Å²) in [5, 5.41) is 31.6. The Balaban J connectivity index is 2.90. The molecule has 7 nitrogen and oxygen atoms in total. The van der Waals surface area contributed by atoms with Crippen molar-refractivity contribution >= 4 is 18.5 Å². The molecule has 1 aliphatic heterocycles. The van der Waals surface area contributed by atoms with Crippen molar-refractivity contribution in [1.29, 1.82) is 0 Å². The number of ether oxygens (including phenoxy) is 2. The van der Waals surface area contributed by atoms with E-state index in [1.54, 1.807) is 20.8 Å². The summed E-state index contributed by atoms with van der Waals surface area (Å²) in [6.45, 7) is 4.91. The quantitative estimate of drug-likeness (QED) is 0.411. The van der Waals surface area contributed by atoms with Gasteiger partial charge in [-0.05, 0) is 20.8 Å². The Hall–Kier alpha value is -0.380. The number of aliphatic hydroxyl groups is 3. The molecule has 0 aromatic heterocycles. The minimum Gasteiger partial charge on any atom is -0.394 e. The van der Waals surface area contributed by atoms with E-state index in [2.05, 4.69) is 17.9 Å². The highest BCUT2D eigenvalue weighted by Gasteiger charge is 2.46. The molecule has 20 heavy (non-hydrogen) atoms. The van der Waals surface area contributed by atoms with E-state index in [0.29, 0.717) is 0 Å². The summed E-state index contributed by atoms with van der Waals surface area (Å²) in [5.74, 6) is -0.483. The first-order valence-corrected chi connectivity index (χ1v) is 7.03. The van der Waals surface area contributed by atoms with Crippen LogP contribution in [0.2, 0.25) is 0 Å². The first kappa shape index (κ1) is 17.7. The maximum Gasteiger partial charge on any atom is 0.230 e. The van der Waals surface area contributed by atoms with E-state index < -0.39 is 48.8 Å². The SMILES string of the molecule is CC(C)(C)O[C@H]1OC(CO)[C@H](O)[C@H](O)C1NC(=O)CS. The van der Waals surface area contributed by atoms with E-state index in [-0.39, 0.29) is 5.75 Å². The van der Waals surface area contributed by atoms with Crippen LogP contribution in [-0.4, -0.2) is 69.8 Å². The fourth-order valence-corrected chi connectivity index (χ4v) is 2.01. The second-order valence-electron chi connectivity index (χ2n) is 5.69. The molecule has 0 radical (unpaired) electrons. The van der Waals surface area contributed by atoms with Gasteiger partial charge in [0.2, 0.25) is 5.91 Å².